The molecule has 10 heteroatoms. The number of hydrogen-bond acceptors (Lipinski definition) is 4. The van der Waals surface area contributed by atoms with E-state index >= 15 is 0 Å². The average Bonchev–Trinajstić information content (AvgIpc) is 3.00. The molecule has 2 aromatic heterocycles. The summed E-state index contributed by atoms with van der Waals surface area (Å²) in [4.78, 5) is 16.2. The van der Waals surface area contributed by atoms with E-state index in [9.17, 15) is 26.7 Å². The Morgan fingerprint density at radius 1 is 1.14 bits per heavy atom. The first kappa shape index (κ1) is 19.5. The molecular formula is C18H13F5N4O. The lowest BCUT2D eigenvalue weighted by Gasteiger charge is -2.08. The third-order valence-electron chi connectivity index (χ3n) is 4.06. The molecule has 0 saturated heterocycles. The number of carbonyl (C=O) groups excluding carboxylic acids is 1. The van der Waals surface area contributed by atoms with E-state index in [0.29, 0.717) is 0 Å². The van der Waals surface area contributed by atoms with Gasteiger partial charge in [0.25, 0.3) is 0 Å². The van der Waals surface area contributed by atoms with Crippen LogP contribution < -0.4 is 5.73 Å². The Bertz CT molecular complexity index is 1040. The fraction of sp³-hybridized carbons (Fsp3) is 0.167. The van der Waals surface area contributed by atoms with Crippen LogP contribution in [0.1, 0.15) is 21.7 Å². The van der Waals surface area contributed by atoms with E-state index in [-0.39, 0.29) is 22.8 Å². The Balaban J connectivity index is 1.91. The molecule has 0 unspecified atom stereocenters. The highest BCUT2D eigenvalue weighted by Crippen LogP contribution is 2.33. The van der Waals surface area contributed by atoms with E-state index in [1.165, 1.54) is 25.2 Å². The molecule has 0 aliphatic carbocycles. The normalized spacial score (nSPS) is 11.6. The van der Waals surface area contributed by atoms with E-state index in [4.69, 9.17) is 5.73 Å². The minimum absolute atomic E-state index is 0.0523. The van der Waals surface area contributed by atoms with Crippen molar-refractivity contribution in [1.29, 1.82) is 0 Å². The quantitative estimate of drug-likeness (QED) is 0.538. The van der Waals surface area contributed by atoms with Crippen LogP contribution in [0.4, 0.5) is 27.8 Å². The third-order valence-corrected chi connectivity index (χ3v) is 4.06. The lowest BCUT2D eigenvalue weighted by atomic mass is 10.0. The van der Waals surface area contributed by atoms with Crippen LogP contribution in [0.15, 0.2) is 36.4 Å². The number of nitrogens with two attached hydrogens (primary N) is 1. The largest absolute Gasteiger partial charge is 0.435 e. The van der Waals surface area contributed by atoms with Gasteiger partial charge in [0.1, 0.15) is 23.1 Å². The van der Waals surface area contributed by atoms with Gasteiger partial charge in [-0.3, -0.25) is 9.48 Å². The van der Waals surface area contributed by atoms with Crippen molar-refractivity contribution in [3.8, 4) is 11.3 Å². The van der Waals surface area contributed by atoms with Gasteiger partial charge >= 0.3 is 6.18 Å². The Morgan fingerprint density at radius 2 is 1.79 bits per heavy atom. The predicted molar refractivity (Wildman–Crippen MR) is 90.2 cm³/mol. The van der Waals surface area contributed by atoms with E-state index in [2.05, 4.69) is 10.1 Å². The molecule has 0 saturated carbocycles. The molecule has 0 amide bonds. The molecule has 0 fully saturated rings. The Hall–Kier alpha value is -3.30. The zero-order valence-electron chi connectivity index (χ0n) is 14.4. The molecule has 5 nitrogen and oxygen atoms in total. The van der Waals surface area contributed by atoms with Gasteiger partial charge in [-0.15, -0.1) is 0 Å². The summed E-state index contributed by atoms with van der Waals surface area (Å²) in [5, 5.41) is 3.39. The van der Waals surface area contributed by atoms with Crippen molar-refractivity contribution in [2.45, 2.75) is 12.6 Å². The molecule has 0 atom stereocenters. The van der Waals surface area contributed by atoms with Gasteiger partial charge in [-0.2, -0.15) is 18.3 Å². The van der Waals surface area contributed by atoms with E-state index in [0.717, 1.165) is 22.9 Å². The summed E-state index contributed by atoms with van der Waals surface area (Å²) in [6.07, 6.45) is -5.20. The van der Waals surface area contributed by atoms with Crippen molar-refractivity contribution < 1.29 is 26.7 Å². The number of anilines is 1. The number of aromatic nitrogens is 3. The summed E-state index contributed by atoms with van der Waals surface area (Å²) >= 11 is 0. The van der Waals surface area contributed by atoms with Crippen LogP contribution in [0.5, 0.6) is 0 Å². The number of Topliss-reactive ketones (excluding diaryl/α,β-unsaturated/α-hetero) is 1. The number of carbonyl (C=O) groups is 1. The molecule has 3 aromatic rings. The van der Waals surface area contributed by atoms with E-state index < -0.39 is 41.3 Å². The van der Waals surface area contributed by atoms with Gasteiger partial charge in [0.15, 0.2) is 11.5 Å². The standard InChI is InChI=1S/C18H13F5N4O/c1-27-14(8-16(26-27)18(21,22)23)9-5-6-13(25-17(9)24)15(28)7-10-11(19)3-2-4-12(10)20/h2-6,8H,7H2,1H3,(H2,24,25). The second kappa shape index (κ2) is 7.02. The molecule has 146 valence electrons. The summed E-state index contributed by atoms with van der Waals surface area (Å²) in [7, 11) is 1.31. The van der Waals surface area contributed by atoms with Crippen molar-refractivity contribution in [2.75, 3.05) is 5.73 Å². The number of aryl methyl sites for hydroxylation is 1. The molecule has 0 radical (unpaired) electrons. The maximum Gasteiger partial charge on any atom is 0.435 e. The maximum atomic E-state index is 13.7. The number of nitrogens with zero attached hydrogens (tertiary/aromatic N) is 3. The molecule has 28 heavy (non-hydrogen) atoms. The fourth-order valence-electron chi connectivity index (χ4n) is 2.66. The van der Waals surface area contributed by atoms with Crippen LogP contribution >= 0.6 is 0 Å². The topological polar surface area (TPSA) is 73.8 Å². The maximum absolute atomic E-state index is 13.7. The number of rotatable bonds is 4. The SMILES string of the molecule is Cn1nc(C(F)(F)F)cc1-c1ccc(C(=O)Cc2c(F)cccc2F)nc1N. The van der Waals surface area contributed by atoms with Crippen LogP contribution in [0.25, 0.3) is 11.3 Å². The summed E-state index contributed by atoms with van der Waals surface area (Å²) < 4.78 is 66.8. The first-order chi connectivity index (χ1) is 13.1. The minimum atomic E-state index is -4.63. The van der Waals surface area contributed by atoms with Gasteiger partial charge < -0.3 is 5.73 Å². The van der Waals surface area contributed by atoms with Gasteiger partial charge in [0.2, 0.25) is 0 Å². The molecular weight excluding hydrogens is 383 g/mol. The van der Waals surface area contributed by atoms with Crippen molar-refractivity contribution in [1.82, 2.24) is 14.8 Å². The number of halogens is 5. The summed E-state index contributed by atoms with van der Waals surface area (Å²) in [5.74, 6) is -2.64. The number of alkyl halides is 3. The Morgan fingerprint density at radius 3 is 2.32 bits per heavy atom. The molecule has 3 rings (SSSR count). The molecule has 0 aliphatic heterocycles. The highest BCUT2D eigenvalue weighted by Gasteiger charge is 2.35. The first-order valence-electron chi connectivity index (χ1n) is 7.92. The number of nitrogen functional groups attached to an aromatic ring is 1. The number of benzene rings is 1. The zero-order chi connectivity index (χ0) is 20.6. The van der Waals surface area contributed by atoms with Crippen molar-refractivity contribution in [2.24, 2.45) is 7.05 Å². The van der Waals surface area contributed by atoms with Crippen LogP contribution in [0.2, 0.25) is 0 Å². The van der Waals surface area contributed by atoms with Gasteiger partial charge in [-0.1, -0.05) is 6.07 Å². The summed E-state index contributed by atoms with van der Waals surface area (Å²) in [6, 6.07) is 6.57. The van der Waals surface area contributed by atoms with Gasteiger partial charge in [-0.25, -0.2) is 13.8 Å². The van der Waals surface area contributed by atoms with Crippen molar-refractivity contribution in [3.63, 3.8) is 0 Å². The van der Waals surface area contributed by atoms with Crippen LogP contribution in [-0.4, -0.2) is 20.5 Å². The van der Waals surface area contributed by atoms with Crippen LogP contribution in [0, 0.1) is 11.6 Å². The van der Waals surface area contributed by atoms with Crippen molar-refractivity contribution >= 4 is 11.6 Å². The van der Waals surface area contributed by atoms with Crippen LogP contribution in [-0.2, 0) is 19.6 Å². The number of ketones is 1. The van der Waals surface area contributed by atoms with Gasteiger partial charge in [-0.05, 0) is 30.3 Å². The molecule has 0 aliphatic rings. The summed E-state index contributed by atoms with van der Waals surface area (Å²) in [5.41, 5.74) is 4.32. The van der Waals surface area contributed by atoms with Crippen molar-refractivity contribution in [3.05, 3.63) is 65.0 Å². The first-order valence-corrected chi connectivity index (χ1v) is 7.92. The fourth-order valence-corrected chi connectivity index (χ4v) is 2.66. The number of hydrogen-bond donors (Lipinski definition) is 1. The molecule has 2 N–H and O–H groups in total. The molecule has 2 heterocycles. The Labute approximate surface area is 155 Å². The smallest absolute Gasteiger partial charge is 0.383 e. The zero-order valence-corrected chi connectivity index (χ0v) is 14.4. The number of pyridine rings is 1. The second-order valence-electron chi connectivity index (χ2n) is 5.97. The highest BCUT2D eigenvalue weighted by atomic mass is 19.4. The van der Waals surface area contributed by atoms with Crippen LogP contribution in [0.3, 0.4) is 0 Å². The lowest BCUT2D eigenvalue weighted by molar-refractivity contribution is -0.141. The third kappa shape index (κ3) is 3.71. The van der Waals surface area contributed by atoms with Gasteiger partial charge in [0.05, 0.1) is 5.69 Å². The highest BCUT2D eigenvalue weighted by molar-refractivity contribution is 5.96. The molecule has 0 bridgehead atoms. The van der Waals surface area contributed by atoms with E-state index in [1.54, 1.807) is 0 Å². The minimum Gasteiger partial charge on any atom is -0.383 e. The Kier molecular flexibility index (Phi) is 4.88. The summed E-state index contributed by atoms with van der Waals surface area (Å²) in [6.45, 7) is 0. The van der Waals surface area contributed by atoms with Gasteiger partial charge in [0, 0.05) is 24.6 Å². The predicted octanol–water partition coefficient (Wildman–Crippen LogP) is 3.79. The average molecular weight is 396 g/mol. The molecule has 0 spiro atoms. The molecule has 1 aromatic carbocycles. The lowest BCUT2D eigenvalue weighted by Crippen LogP contribution is -2.11. The monoisotopic (exact) mass is 396 g/mol. The van der Waals surface area contributed by atoms with E-state index in [1.807, 2.05) is 0 Å². The second-order valence-corrected chi connectivity index (χ2v) is 5.97.